The normalized spacial score (nSPS) is 30.7. The smallest absolute Gasteiger partial charge is 0.458 e. The molecule has 2 aliphatic rings. The summed E-state index contributed by atoms with van der Waals surface area (Å²) in [5.41, 5.74) is -2.63. The van der Waals surface area contributed by atoms with E-state index < -0.39 is 73.1 Å². The van der Waals surface area contributed by atoms with Gasteiger partial charge in [0.15, 0.2) is 0 Å². The number of esters is 2. The fourth-order valence-electron chi connectivity index (χ4n) is 3.15. The Morgan fingerprint density at radius 2 is 1.67 bits per heavy atom. The molecule has 1 fully saturated rings. The summed E-state index contributed by atoms with van der Waals surface area (Å²) in [6, 6.07) is -1.40. The molecular formula is C19H30F2N3O11P. The highest BCUT2D eigenvalue weighted by Crippen LogP contribution is 2.49. The van der Waals surface area contributed by atoms with Crippen molar-refractivity contribution in [2.24, 2.45) is 5.73 Å². The summed E-state index contributed by atoms with van der Waals surface area (Å²) in [5, 5.41) is 12.8. The summed E-state index contributed by atoms with van der Waals surface area (Å²) in [4.78, 5) is 55.9. The number of aliphatic hydroxyl groups is 1. The number of phosphoric acid groups is 1. The van der Waals surface area contributed by atoms with Crippen LogP contribution in [0.5, 0.6) is 0 Å². The van der Waals surface area contributed by atoms with Crippen molar-refractivity contribution < 1.29 is 61.4 Å². The zero-order valence-electron chi connectivity index (χ0n) is 20.4. The van der Waals surface area contributed by atoms with Gasteiger partial charge in [-0.3, -0.25) is 15.2 Å². The lowest BCUT2D eigenvalue weighted by atomic mass is 9.90. The Hall–Kier alpha value is -2.20. The summed E-state index contributed by atoms with van der Waals surface area (Å²) in [6.45, 7) is 7.15. The van der Waals surface area contributed by atoms with Crippen molar-refractivity contribution in [2.75, 3.05) is 6.61 Å². The molecule has 17 heteroatoms. The summed E-state index contributed by atoms with van der Waals surface area (Å²) < 4.78 is 61.5. The summed E-state index contributed by atoms with van der Waals surface area (Å²) in [7, 11) is -5.26. The van der Waals surface area contributed by atoms with Crippen LogP contribution in [0.4, 0.5) is 13.6 Å². The van der Waals surface area contributed by atoms with Crippen molar-refractivity contribution in [3.63, 3.8) is 0 Å². The molecule has 4 atom stereocenters. The van der Waals surface area contributed by atoms with E-state index in [2.05, 4.69) is 4.52 Å². The second-order valence-electron chi connectivity index (χ2n) is 10.2. The topological polar surface area (TPSA) is 207 Å². The van der Waals surface area contributed by atoms with Crippen molar-refractivity contribution in [3.05, 3.63) is 12.3 Å². The lowest BCUT2D eigenvalue weighted by Gasteiger charge is -2.38. The van der Waals surface area contributed by atoms with E-state index in [0.717, 1.165) is 6.08 Å². The van der Waals surface area contributed by atoms with Crippen LogP contribution in [0.25, 0.3) is 0 Å². The minimum Gasteiger partial charge on any atom is -0.458 e. The molecule has 0 radical (unpaired) electrons. The summed E-state index contributed by atoms with van der Waals surface area (Å²) in [6.07, 6.45) is -3.66. The number of alkyl halides is 2. The molecule has 0 aromatic heterocycles. The number of amides is 2. The van der Waals surface area contributed by atoms with E-state index in [1.165, 1.54) is 41.5 Å². The van der Waals surface area contributed by atoms with Gasteiger partial charge < -0.3 is 34.4 Å². The third-order valence-corrected chi connectivity index (χ3v) is 5.20. The van der Waals surface area contributed by atoms with Crippen LogP contribution in [0, 0.1) is 0 Å². The molecule has 2 rings (SSSR count). The molecule has 0 aromatic carbocycles. The minimum atomic E-state index is -5.26. The van der Waals surface area contributed by atoms with Crippen LogP contribution in [-0.2, 0) is 32.9 Å². The van der Waals surface area contributed by atoms with Gasteiger partial charge in [-0.2, -0.15) is 8.78 Å². The Morgan fingerprint density at radius 1 is 1.17 bits per heavy atom. The lowest BCUT2D eigenvalue weighted by molar-refractivity contribution is -0.220. The zero-order chi connectivity index (χ0) is 28.1. The number of carbonyl (C=O) groups excluding carboxylic acids is 3. The number of nitrogens with two attached hydrogens (primary N) is 1. The van der Waals surface area contributed by atoms with E-state index in [4.69, 9.17) is 29.7 Å². The maximum Gasteiger partial charge on any atom is 0.469 e. The highest BCUT2D eigenvalue weighted by atomic mass is 31.2. The molecule has 0 saturated carbocycles. The van der Waals surface area contributed by atoms with Gasteiger partial charge in [0.1, 0.15) is 17.3 Å². The Kier molecular flexibility index (Phi) is 7.74. The first-order valence-electron chi connectivity index (χ1n) is 10.4. The quantitative estimate of drug-likeness (QED) is 0.222. The van der Waals surface area contributed by atoms with Crippen molar-refractivity contribution >= 4 is 25.8 Å². The van der Waals surface area contributed by atoms with Gasteiger partial charge in [-0.25, -0.2) is 18.9 Å². The Morgan fingerprint density at radius 3 is 2.11 bits per heavy atom. The van der Waals surface area contributed by atoms with Gasteiger partial charge in [0, 0.05) is 6.20 Å². The molecule has 0 aromatic rings. The van der Waals surface area contributed by atoms with Crippen molar-refractivity contribution in [3.8, 4) is 0 Å². The van der Waals surface area contributed by atoms with Crippen molar-refractivity contribution in [2.45, 2.75) is 82.3 Å². The molecule has 0 bridgehead atoms. The predicted octanol–water partition coefficient (Wildman–Crippen LogP) is 0.0643. The zero-order valence-corrected chi connectivity index (χ0v) is 21.2. The van der Waals surface area contributed by atoms with Gasteiger partial charge in [0.2, 0.25) is 11.9 Å². The van der Waals surface area contributed by atoms with Crippen LogP contribution in [0.2, 0.25) is 0 Å². The highest BCUT2D eigenvalue weighted by molar-refractivity contribution is 7.46. The molecular weight excluding hydrogens is 515 g/mol. The number of phosphoric ester groups is 1. The van der Waals surface area contributed by atoms with Crippen molar-refractivity contribution in [1.82, 2.24) is 10.2 Å². The number of hydrogen-bond acceptors (Lipinski definition) is 10. The minimum absolute atomic E-state index is 0.197. The number of urea groups is 1. The standard InChI is InChI=1S/C19H30F2N3O11P/c1-15(2,3)34-12(25)17(22)7-8-24(14(27)23-17)11-19(20,21)18(28,13(26)35-16(4,5)6)10(33-11)9-32-36(29,30)31/h7-8,10-11,28H,9,22H2,1-6H3,(H,23,27)(H2,29,30,31)/t10-,11-,17?,18+/m1/s1. The van der Waals surface area contributed by atoms with Gasteiger partial charge >= 0.3 is 31.7 Å². The van der Waals surface area contributed by atoms with Crippen LogP contribution in [0.1, 0.15) is 41.5 Å². The molecule has 14 nitrogen and oxygen atoms in total. The molecule has 36 heavy (non-hydrogen) atoms. The third-order valence-electron chi connectivity index (χ3n) is 4.72. The van der Waals surface area contributed by atoms with Gasteiger partial charge in [-0.15, -0.1) is 0 Å². The second-order valence-corrected chi connectivity index (χ2v) is 11.4. The summed E-state index contributed by atoms with van der Waals surface area (Å²) >= 11 is 0. The SMILES string of the molecule is CC(C)(C)OC(=O)C1(N)C=CN([C@@H]2O[C@H](COP(=O)(O)O)[C@](O)(C(=O)OC(C)(C)C)C2(F)F)C(=O)N1. The molecule has 6 N–H and O–H groups in total. The fraction of sp³-hybridized carbons (Fsp3) is 0.737. The number of carbonyl (C=O) groups is 3. The van der Waals surface area contributed by atoms with Gasteiger partial charge in [-0.05, 0) is 47.6 Å². The first kappa shape index (κ1) is 30.0. The Labute approximate surface area is 204 Å². The van der Waals surface area contributed by atoms with E-state index in [0.29, 0.717) is 6.20 Å². The largest absolute Gasteiger partial charge is 0.469 e. The number of ether oxygens (including phenoxy) is 3. The first-order valence-corrected chi connectivity index (χ1v) is 12.0. The van der Waals surface area contributed by atoms with Crippen LogP contribution in [0.15, 0.2) is 12.3 Å². The van der Waals surface area contributed by atoms with E-state index in [-0.39, 0.29) is 4.90 Å². The van der Waals surface area contributed by atoms with E-state index in [1.807, 2.05) is 5.32 Å². The predicted molar refractivity (Wildman–Crippen MR) is 115 cm³/mol. The Bertz CT molecular complexity index is 990. The molecule has 0 spiro atoms. The lowest BCUT2D eigenvalue weighted by Crippen LogP contribution is -2.69. The molecule has 2 heterocycles. The number of nitrogens with zero attached hydrogens (tertiary/aromatic N) is 1. The van der Waals surface area contributed by atoms with E-state index >= 15 is 8.78 Å². The number of halogens is 2. The third kappa shape index (κ3) is 6.19. The fourth-order valence-corrected chi connectivity index (χ4v) is 3.48. The van der Waals surface area contributed by atoms with Gasteiger partial charge in [0.25, 0.3) is 5.60 Å². The van der Waals surface area contributed by atoms with Crippen LogP contribution >= 0.6 is 7.82 Å². The van der Waals surface area contributed by atoms with Crippen LogP contribution in [-0.4, -0.2) is 85.1 Å². The molecule has 1 unspecified atom stereocenters. The maximum atomic E-state index is 15.6. The van der Waals surface area contributed by atoms with Gasteiger partial charge in [0.05, 0.1) is 6.61 Å². The monoisotopic (exact) mass is 545 g/mol. The highest BCUT2D eigenvalue weighted by Gasteiger charge is 2.76. The average molecular weight is 545 g/mol. The average Bonchev–Trinajstić information content (AvgIpc) is 2.84. The van der Waals surface area contributed by atoms with Gasteiger partial charge in [-0.1, -0.05) is 0 Å². The number of nitrogens with one attached hydrogen (secondary N) is 1. The molecule has 2 amide bonds. The maximum absolute atomic E-state index is 15.6. The Balaban J connectivity index is 2.45. The van der Waals surface area contributed by atoms with Crippen LogP contribution in [0.3, 0.4) is 0 Å². The summed E-state index contributed by atoms with van der Waals surface area (Å²) in [5.74, 6) is -7.64. The first-order chi connectivity index (χ1) is 15.9. The van der Waals surface area contributed by atoms with E-state index in [1.54, 1.807) is 0 Å². The molecule has 0 aliphatic carbocycles. The molecule has 206 valence electrons. The van der Waals surface area contributed by atoms with E-state index in [9.17, 15) is 24.1 Å². The number of hydrogen-bond donors (Lipinski definition) is 5. The van der Waals surface area contributed by atoms with Crippen molar-refractivity contribution in [1.29, 1.82) is 0 Å². The second kappa shape index (κ2) is 9.28. The molecule has 2 aliphatic heterocycles. The van der Waals surface area contributed by atoms with Crippen LogP contribution < -0.4 is 11.1 Å². The molecule has 1 saturated heterocycles. The number of rotatable bonds is 6.